The van der Waals surface area contributed by atoms with E-state index in [4.69, 9.17) is 5.11 Å². The SMILES string of the molecule is CC1(NC(=O)N2C[C@H](O)C[C@@H]2C(=O)O)CCCCC1. The highest BCUT2D eigenvalue weighted by Crippen LogP contribution is 2.28. The summed E-state index contributed by atoms with van der Waals surface area (Å²) in [6.45, 7) is 2.10. The number of nitrogens with one attached hydrogen (secondary N) is 1. The van der Waals surface area contributed by atoms with Gasteiger partial charge in [-0.15, -0.1) is 0 Å². The first-order valence-electron chi connectivity index (χ1n) is 6.91. The second-order valence-electron chi connectivity index (χ2n) is 5.95. The van der Waals surface area contributed by atoms with Gasteiger partial charge in [0.2, 0.25) is 0 Å². The summed E-state index contributed by atoms with van der Waals surface area (Å²) in [5, 5.41) is 21.6. The van der Waals surface area contributed by atoms with Crippen LogP contribution in [0.2, 0.25) is 0 Å². The number of aliphatic carboxylic acids is 1. The highest BCUT2D eigenvalue weighted by molar-refractivity contribution is 5.83. The van der Waals surface area contributed by atoms with Gasteiger partial charge in [0.15, 0.2) is 0 Å². The third-order valence-corrected chi connectivity index (χ3v) is 4.19. The molecule has 19 heavy (non-hydrogen) atoms. The standard InChI is InChI=1S/C13H22N2O4/c1-13(5-3-2-4-6-13)14-12(19)15-8-9(16)7-10(15)11(17)18/h9-10,16H,2-8H2,1H3,(H,14,19)(H,17,18)/t9-,10-/m1/s1. The molecule has 0 aromatic rings. The Kier molecular flexibility index (Phi) is 3.99. The van der Waals surface area contributed by atoms with E-state index in [1.54, 1.807) is 0 Å². The van der Waals surface area contributed by atoms with Crippen molar-refractivity contribution in [3.05, 3.63) is 0 Å². The molecule has 0 bridgehead atoms. The zero-order valence-electron chi connectivity index (χ0n) is 11.3. The van der Waals surface area contributed by atoms with E-state index in [1.807, 2.05) is 6.92 Å². The van der Waals surface area contributed by atoms with Crippen LogP contribution in [0.3, 0.4) is 0 Å². The minimum absolute atomic E-state index is 0.0961. The Morgan fingerprint density at radius 2 is 1.89 bits per heavy atom. The number of hydrogen-bond acceptors (Lipinski definition) is 3. The fourth-order valence-electron chi connectivity index (χ4n) is 3.06. The summed E-state index contributed by atoms with van der Waals surface area (Å²) in [4.78, 5) is 24.6. The average molecular weight is 270 g/mol. The fraction of sp³-hybridized carbons (Fsp3) is 0.846. The Balaban J connectivity index is 2.00. The Labute approximate surface area is 112 Å². The van der Waals surface area contributed by atoms with Crippen molar-refractivity contribution < 1.29 is 19.8 Å². The van der Waals surface area contributed by atoms with Crippen LogP contribution in [0.5, 0.6) is 0 Å². The van der Waals surface area contributed by atoms with Gasteiger partial charge in [-0.2, -0.15) is 0 Å². The molecule has 1 saturated carbocycles. The van der Waals surface area contributed by atoms with Gasteiger partial charge in [0.1, 0.15) is 6.04 Å². The van der Waals surface area contributed by atoms with Gasteiger partial charge < -0.3 is 20.4 Å². The number of aliphatic hydroxyl groups excluding tert-OH is 1. The molecule has 6 nitrogen and oxygen atoms in total. The number of hydrogen-bond donors (Lipinski definition) is 3. The van der Waals surface area contributed by atoms with E-state index < -0.39 is 18.1 Å². The summed E-state index contributed by atoms with van der Waals surface area (Å²) in [5.74, 6) is -1.06. The van der Waals surface area contributed by atoms with Crippen molar-refractivity contribution in [3.8, 4) is 0 Å². The van der Waals surface area contributed by atoms with Crippen molar-refractivity contribution in [2.24, 2.45) is 0 Å². The molecule has 0 aromatic carbocycles. The lowest BCUT2D eigenvalue weighted by atomic mass is 9.83. The van der Waals surface area contributed by atoms with Crippen LogP contribution in [0.25, 0.3) is 0 Å². The fourth-order valence-corrected chi connectivity index (χ4v) is 3.06. The van der Waals surface area contributed by atoms with Gasteiger partial charge in [-0.25, -0.2) is 9.59 Å². The molecule has 6 heteroatoms. The van der Waals surface area contributed by atoms with Crippen LogP contribution in [-0.2, 0) is 4.79 Å². The first kappa shape index (κ1) is 14.1. The van der Waals surface area contributed by atoms with E-state index in [2.05, 4.69) is 5.32 Å². The topological polar surface area (TPSA) is 89.9 Å². The zero-order valence-corrected chi connectivity index (χ0v) is 11.3. The van der Waals surface area contributed by atoms with Gasteiger partial charge in [-0.1, -0.05) is 19.3 Å². The molecule has 3 N–H and O–H groups in total. The van der Waals surface area contributed by atoms with Gasteiger partial charge in [0, 0.05) is 18.5 Å². The largest absolute Gasteiger partial charge is 0.480 e. The number of likely N-dealkylation sites (tertiary alicyclic amines) is 1. The van der Waals surface area contributed by atoms with Crippen LogP contribution >= 0.6 is 0 Å². The molecule has 0 radical (unpaired) electrons. The average Bonchev–Trinajstić information content (AvgIpc) is 2.72. The van der Waals surface area contributed by atoms with Crippen molar-refractivity contribution >= 4 is 12.0 Å². The number of carboxylic acid groups (broad SMARTS) is 1. The number of rotatable bonds is 2. The molecule has 1 heterocycles. The smallest absolute Gasteiger partial charge is 0.326 e. The summed E-state index contributed by atoms with van der Waals surface area (Å²) < 4.78 is 0. The first-order chi connectivity index (χ1) is 8.91. The van der Waals surface area contributed by atoms with Crippen molar-refractivity contribution in [2.45, 2.75) is 63.1 Å². The number of nitrogens with zero attached hydrogens (tertiary/aromatic N) is 1. The van der Waals surface area contributed by atoms with Gasteiger partial charge in [-0.3, -0.25) is 0 Å². The molecule has 1 aliphatic carbocycles. The van der Waals surface area contributed by atoms with Crippen LogP contribution in [0.4, 0.5) is 4.79 Å². The predicted molar refractivity (Wildman–Crippen MR) is 68.8 cm³/mol. The summed E-state index contributed by atoms with van der Waals surface area (Å²) in [7, 11) is 0. The molecule has 1 aliphatic heterocycles. The maximum atomic E-state index is 12.2. The first-order valence-corrected chi connectivity index (χ1v) is 6.91. The monoisotopic (exact) mass is 270 g/mol. The third kappa shape index (κ3) is 3.18. The van der Waals surface area contributed by atoms with Crippen LogP contribution in [0.15, 0.2) is 0 Å². The van der Waals surface area contributed by atoms with Crippen LogP contribution in [0, 0.1) is 0 Å². The zero-order chi connectivity index (χ0) is 14.0. The van der Waals surface area contributed by atoms with Crippen LogP contribution < -0.4 is 5.32 Å². The summed E-state index contributed by atoms with van der Waals surface area (Å²) in [6.07, 6.45) is 4.57. The van der Waals surface area contributed by atoms with E-state index in [0.29, 0.717) is 0 Å². The molecule has 0 aromatic heterocycles. The summed E-state index contributed by atoms with van der Waals surface area (Å²) in [5.41, 5.74) is -0.244. The Bertz CT molecular complexity index is 366. The van der Waals surface area contributed by atoms with Gasteiger partial charge in [0.05, 0.1) is 6.10 Å². The van der Waals surface area contributed by atoms with E-state index >= 15 is 0 Å². The molecular weight excluding hydrogens is 248 g/mol. The van der Waals surface area contributed by atoms with E-state index in [0.717, 1.165) is 25.7 Å². The number of carboxylic acids is 1. The van der Waals surface area contributed by atoms with Crippen LogP contribution in [0.1, 0.15) is 45.4 Å². The summed E-state index contributed by atoms with van der Waals surface area (Å²) in [6, 6.07) is -1.28. The molecule has 0 unspecified atom stereocenters. The molecule has 2 amide bonds. The van der Waals surface area contributed by atoms with Gasteiger partial charge in [-0.05, 0) is 19.8 Å². The number of carbonyl (C=O) groups is 2. The normalized spacial score (nSPS) is 30.1. The van der Waals surface area contributed by atoms with Crippen molar-refractivity contribution in [1.29, 1.82) is 0 Å². The minimum Gasteiger partial charge on any atom is -0.480 e. The maximum Gasteiger partial charge on any atom is 0.326 e. The third-order valence-electron chi connectivity index (χ3n) is 4.19. The Morgan fingerprint density at radius 1 is 1.26 bits per heavy atom. The van der Waals surface area contributed by atoms with Crippen LogP contribution in [-0.4, -0.2) is 51.3 Å². The Morgan fingerprint density at radius 3 is 2.47 bits per heavy atom. The number of aliphatic hydroxyl groups is 1. The number of β-amino-alcohol motifs (C(OH)–C–C–N with tert-alkyl or cyclic N) is 1. The molecule has 0 spiro atoms. The van der Waals surface area contributed by atoms with Crippen molar-refractivity contribution in [2.75, 3.05) is 6.54 Å². The molecular formula is C13H22N2O4. The van der Waals surface area contributed by atoms with Crippen molar-refractivity contribution in [3.63, 3.8) is 0 Å². The molecule has 2 atom stereocenters. The van der Waals surface area contributed by atoms with E-state index in [9.17, 15) is 14.7 Å². The highest BCUT2D eigenvalue weighted by atomic mass is 16.4. The molecule has 1 saturated heterocycles. The van der Waals surface area contributed by atoms with Crippen molar-refractivity contribution in [1.82, 2.24) is 10.2 Å². The Hall–Kier alpha value is -1.30. The molecule has 108 valence electrons. The molecule has 2 aliphatic rings. The maximum absolute atomic E-state index is 12.2. The number of urea groups is 1. The second kappa shape index (κ2) is 5.36. The lowest BCUT2D eigenvalue weighted by Gasteiger charge is -2.36. The predicted octanol–water partition coefficient (Wildman–Crippen LogP) is 0.939. The number of carbonyl (C=O) groups excluding carboxylic acids is 1. The highest BCUT2D eigenvalue weighted by Gasteiger charge is 2.41. The second-order valence-corrected chi connectivity index (χ2v) is 5.95. The minimum atomic E-state index is -1.06. The lowest BCUT2D eigenvalue weighted by molar-refractivity contribution is -0.141. The molecule has 2 rings (SSSR count). The van der Waals surface area contributed by atoms with E-state index in [1.165, 1.54) is 11.3 Å². The summed E-state index contributed by atoms with van der Waals surface area (Å²) >= 11 is 0. The number of amides is 2. The van der Waals surface area contributed by atoms with E-state index in [-0.39, 0.29) is 24.5 Å². The lowest BCUT2D eigenvalue weighted by Crippen LogP contribution is -2.54. The molecule has 2 fully saturated rings. The van der Waals surface area contributed by atoms with Gasteiger partial charge >= 0.3 is 12.0 Å². The quantitative estimate of drug-likeness (QED) is 0.696. The van der Waals surface area contributed by atoms with Gasteiger partial charge in [0.25, 0.3) is 0 Å².